The largest absolute Gasteiger partial charge is 0.494 e. The van der Waals surface area contributed by atoms with Crippen molar-refractivity contribution in [3.8, 4) is 5.75 Å². The van der Waals surface area contributed by atoms with E-state index in [-0.39, 0.29) is 0 Å². The van der Waals surface area contributed by atoms with Gasteiger partial charge in [-0.25, -0.2) is 18.1 Å². The summed E-state index contributed by atoms with van der Waals surface area (Å²) in [6, 6.07) is 6.34. The van der Waals surface area contributed by atoms with Gasteiger partial charge in [-0.05, 0) is 64.5 Å². The third-order valence-electron chi connectivity index (χ3n) is 5.14. The fourth-order valence-corrected chi connectivity index (χ4v) is 5.13. The molecule has 1 heterocycles. The zero-order chi connectivity index (χ0) is 19.7. The van der Waals surface area contributed by atoms with E-state index >= 15 is 0 Å². The van der Waals surface area contributed by atoms with Crippen molar-refractivity contribution >= 4 is 36.7 Å². The lowest BCUT2D eigenvalue weighted by Gasteiger charge is -2.30. The van der Waals surface area contributed by atoms with Crippen LogP contribution in [0.5, 0.6) is 5.75 Å². The Labute approximate surface area is 165 Å². The number of hydrogen-bond donors (Lipinski definition) is 2. The molecule has 6 nitrogen and oxygen atoms in total. The summed E-state index contributed by atoms with van der Waals surface area (Å²) in [7, 11) is -1.60. The van der Waals surface area contributed by atoms with Gasteiger partial charge in [0.15, 0.2) is 5.13 Å². The first-order valence-electron chi connectivity index (χ1n) is 9.39. The smallest absolute Gasteiger partial charge is 0.216 e. The third kappa shape index (κ3) is 4.73. The summed E-state index contributed by atoms with van der Waals surface area (Å²) in [5, 5.41) is 4.47. The van der Waals surface area contributed by atoms with Crippen LogP contribution in [-0.2, 0) is 10.0 Å². The second kappa shape index (κ2) is 7.93. The fourth-order valence-electron chi connectivity index (χ4n) is 3.28. The van der Waals surface area contributed by atoms with Crippen molar-refractivity contribution in [2.45, 2.75) is 57.2 Å². The van der Waals surface area contributed by atoms with Crippen molar-refractivity contribution in [3.63, 3.8) is 0 Å². The van der Waals surface area contributed by atoms with Gasteiger partial charge in [0.1, 0.15) is 11.3 Å². The number of nitrogens with zero attached hydrogens (tertiary/aromatic N) is 1. The fraction of sp³-hybridized carbons (Fsp3) is 0.632. The predicted octanol–water partition coefficient (Wildman–Crippen LogP) is 3.99. The zero-order valence-corrected chi connectivity index (χ0v) is 18.0. The quantitative estimate of drug-likeness (QED) is 0.751. The van der Waals surface area contributed by atoms with E-state index in [2.05, 4.69) is 21.1 Å². The summed E-state index contributed by atoms with van der Waals surface area (Å²) in [5.74, 6) is 1.20. The van der Waals surface area contributed by atoms with Crippen molar-refractivity contribution in [3.05, 3.63) is 18.2 Å². The van der Waals surface area contributed by atoms with Crippen molar-refractivity contribution in [2.75, 3.05) is 19.0 Å². The van der Waals surface area contributed by atoms with Gasteiger partial charge in [-0.15, -0.1) is 0 Å². The highest BCUT2D eigenvalue weighted by Gasteiger charge is 2.30. The van der Waals surface area contributed by atoms with Gasteiger partial charge >= 0.3 is 0 Å². The van der Waals surface area contributed by atoms with E-state index in [1.807, 2.05) is 12.1 Å². The molecule has 0 unspecified atom stereocenters. The number of thiazole rings is 1. The molecule has 0 amide bonds. The van der Waals surface area contributed by atoms with E-state index in [4.69, 9.17) is 4.74 Å². The Bertz CT molecular complexity index is 879. The molecule has 3 rings (SSSR count). The van der Waals surface area contributed by atoms with E-state index in [0.717, 1.165) is 46.8 Å². The Morgan fingerprint density at radius 3 is 2.56 bits per heavy atom. The maximum Gasteiger partial charge on any atom is 0.216 e. The highest BCUT2D eigenvalue weighted by Crippen LogP contribution is 2.34. The summed E-state index contributed by atoms with van der Waals surface area (Å²) in [6.07, 6.45) is 4.07. The molecule has 1 aliphatic rings. The number of aromatic nitrogens is 1. The molecule has 0 saturated heterocycles. The van der Waals surface area contributed by atoms with Crippen LogP contribution >= 0.6 is 11.3 Å². The van der Waals surface area contributed by atoms with Crippen molar-refractivity contribution in [2.24, 2.45) is 5.92 Å². The number of fused-ring (bicyclic) bond motifs is 1. The second-order valence-electron chi connectivity index (χ2n) is 8.15. The number of nitrogens with one attached hydrogen (secondary N) is 2. The lowest BCUT2D eigenvalue weighted by atomic mass is 9.86. The monoisotopic (exact) mass is 411 g/mol. The Balaban J connectivity index is 1.53. The van der Waals surface area contributed by atoms with Gasteiger partial charge in [0.05, 0.1) is 16.6 Å². The van der Waals surface area contributed by atoms with Crippen molar-refractivity contribution < 1.29 is 13.2 Å². The first-order chi connectivity index (χ1) is 12.7. The van der Waals surface area contributed by atoms with Gasteiger partial charge < -0.3 is 10.1 Å². The van der Waals surface area contributed by atoms with Crippen LogP contribution in [0.3, 0.4) is 0 Å². The average Bonchev–Trinajstić information content (AvgIpc) is 3.02. The number of rotatable bonds is 6. The van der Waals surface area contributed by atoms with Crippen LogP contribution in [0.15, 0.2) is 18.2 Å². The first-order valence-corrected chi connectivity index (χ1v) is 11.7. The highest BCUT2D eigenvalue weighted by atomic mass is 32.2. The average molecular weight is 412 g/mol. The minimum absolute atomic E-state index is 0.382. The molecule has 1 fully saturated rings. The van der Waals surface area contributed by atoms with Crippen molar-refractivity contribution in [1.29, 1.82) is 0 Å². The molecule has 150 valence electrons. The Kier molecular flexibility index (Phi) is 5.98. The summed E-state index contributed by atoms with van der Waals surface area (Å²) in [6.45, 7) is 5.71. The van der Waals surface area contributed by atoms with Crippen LogP contribution in [0.25, 0.3) is 10.2 Å². The maximum atomic E-state index is 12.2. The highest BCUT2D eigenvalue weighted by molar-refractivity contribution is 7.90. The molecule has 2 aromatic rings. The van der Waals surface area contributed by atoms with E-state index in [1.165, 1.54) is 0 Å². The van der Waals surface area contributed by atoms with Crippen LogP contribution in [0.2, 0.25) is 0 Å². The normalized spacial score (nSPS) is 21.3. The Morgan fingerprint density at radius 1 is 1.22 bits per heavy atom. The summed E-state index contributed by atoms with van der Waals surface area (Å²) < 4.78 is 32.9. The molecule has 1 saturated carbocycles. The van der Waals surface area contributed by atoms with Gasteiger partial charge in [-0.3, -0.25) is 0 Å². The first kappa shape index (κ1) is 20.4. The van der Waals surface area contributed by atoms with Gasteiger partial charge in [-0.1, -0.05) is 17.4 Å². The van der Waals surface area contributed by atoms with Gasteiger partial charge in [0.25, 0.3) is 0 Å². The molecule has 0 spiro atoms. The summed E-state index contributed by atoms with van der Waals surface area (Å²) in [5.41, 5.74) is 0.901. The Morgan fingerprint density at radius 2 is 1.93 bits per heavy atom. The number of sulfonamides is 1. The lowest BCUT2D eigenvalue weighted by Crippen LogP contribution is -2.42. The predicted molar refractivity (Wildman–Crippen MR) is 112 cm³/mol. The zero-order valence-electron chi connectivity index (χ0n) is 16.4. The molecular weight excluding hydrogens is 382 g/mol. The van der Waals surface area contributed by atoms with Gasteiger partial charge in [-0.2, -0.15) is 0 Å². The minimum Gasteiger partial charge on any atom is -0.494 e. The van der Waals surface area contributed by atoms with E-state index in [0.29, 0.717) is 18.5 Å². The molecule has 1 aromatic carbocycles. The number of benzene rings is 1. The van der Waals surface area contributed by atoms with Crippen LogP contribution in [-0.4, -0.2) is 37.8 Å². The van der Waals surface area contributed by atoms with Crippen LogP contribution in [0, 0.1) is 5.92 Å². The van der Waals surface area contributed by atoms with Gasteiger partial charge in [0, 0.05) is 12.6 Å². The van der Waals surface area contributed by atoms with Crippen molar-refractivity contribution in [1.82, 2.24) is 9.71 Å². The Hall–Kier alpha value is -1.38. The van der Waals surface area contributed by atoms with Crippen LogP contribution in [0.4, 0.5) is 5.13 Å². The topological polar surface area (TPSA) is 80.3 Å². The SMILES string of the molecule is COc1cccc2sc(NC3CCC(CNS(=O)(=O)C(C)(C)C)CC3)nc12. The molecule has 27 heavy (non-hydrogen) atoms. The molecule has 0 radical (unpaired) electrons. The molecular formula is C19H29N3O3S2. The minimum atomic E-state index is -3.27. The number of methoxy groups -OCH3 is 1. The van der Waals surface area contributed by atoms with Crippen LogP contribution in [0.1, 0.15) is 46.5 Å². The summed E-state index contributed by atoms with van der Waals surface area (Å²) in [4.78, 5) is 4.68. The van der Waals surface area contributed by atoms with E-state index in [9.17, 15) is 8.42 Å². The number of hydrogen-bond acceptors (Lipinski definition) is 6. The number of ether oxygens (including phenoxy) is 1. The molecule has 0 atom stereocenters. The number of anilines is 1. The molecule has 0 aliphatic heterocycles. The third-order valence-corrected chi connectivity index (χ3v) is 8.26. The lowest BCUT2D eigenvalue weighted by molar-refractivity contribution is 0.336. The molecule has 8 heteroatoms. The number of para-hydroxylation sites is 1. The molecule has 1 aliphatic carbocycles. The molecule has 0 bridgehead atoms. The van der Waals surface area contributed by atoms with Gasteiger partial charge in [0.2, 0.25) is 10.0 Å². The van der Waals surface area contributed by atoms with E-state index in [1.54, 1.807) is 39.2 Å². The van der Waals surface area contributed by atoms with Crippen LogP contribution < -0.4 is 14.8 Å². The molecule has 1 aromatic heterocycles. The molecule has 2 N–H and O–H groups in total. The maximum absolute atomic E-state index is 12.2. The standard InChI is InChI=1S/C19H29N3O3S2/c1-19(2,3)27(23,24)20-12-13-8-10-14(11-9-13)21-18-22-17-15(25-4)6-5-7-16(17)26-18/h5-7,13-14,20H,8-12H2,1-4H3,(H,21,22). The second-order valence-corrected chi connectivity index (χ2v) is 11.7. The summed E-state index contributed by atoms with van der Waals surface area (Å²) >= 11 is 1.64. The van der Waals surface area contributed by atoms with E-state index < -0.39 is 14.8 Å².